The summed E-state index contributed by atoms with van der Waals surface area (Å²) in [6.07, 6.45) is 0. The number of hydrogen-bond acceptors (Lipinski definition) is 1. The molecule has 0 aromatic heterocycles. The molecule has 3 rings (SSSR count). The summed E-state index contributed by atoms with van der Waals surface area (Å²) in [5, 5.41) is 2.43. The van der Waals surface area contributed by atoms with Crippen molar-refractivity contribution >= 4 is 39.5 Å². The molecule has 0 radical (unpaired) electrons. The van der Waals surface area contributed by atoms with E-state index in [1.165, 1.54) is 21.9 Å². The van der Waals surface area contributed by atoms with Crippen LogP contribution in [0.2, 0.25) is 0 Å². The van der Waals surface area contributed by atoms with Crippen LogP contribution in [0.5, 0.6) is 0 Å². The Morgan fingerprint density at radius 1 is 0.737 bits per heavy atom. The van der Waals surface area contributed by atoms with E-state index in [9.17, 15) is 0 Å². The summed E-state index contributed by atoms with van der Waals surface area (Å²) >= 11 is 0. The molecule has 2 N–H and O–H groups in total. The third-order valence-electron chi connectivity index (χ3n) is 2.99. The minimum Gasteiger partial charge on any atom is -2.00 e. The van der Waals surface area contributed by atoms with Gasteiger partial charge in [0.05, 0.1) is 0 Å². The molecule has 0 aliphatic heterocycles. The van der Waals surface area contributed by atoms with E-state index in [0.717, 1.165) is 5.69 Å². The van der Waals surface area contributed by atoms with Crippen LogP contribution < -0.4 is 5.73 Å². The van der Waals surface area contributed by atoms with Gasteiger partial charge in [-0.05, 0) is 34.0 Å². The fourth-order valence-corrected chi connectivity index (χ4v) is 2.17. The first-order valence-electron chi connectivity index (χ1n) is 5.68. The zero-order chi connectivity index (χ0) is 11.7. The van der Waals surface area contributed by atoms with Crippen molar-refractivity contribution in [2.24, 2.45) is 0 Å². The monoisotopic (exact) mass is 259 g/mol. The quantitative estimate of drug-likeness (QED) is 0.527. The first-order valence-corrected chi connectivity index (χ1v) is 5.68. The van der Waals surface area contributed by atoms with Gasteiger partial charge in [-0.25, -0.2) is 0 Å². The average molecular weight is 260 g/mol. The van der Waals surface area contributed by atoms with Crippen LogP contribution in [0.3, 0.4) is 0 Å². The van der Waals surface area contributed by atoms with Gasteiger partial charge in [0.25, 0.3) is 0 Å². The van der Waals surface area contributed by atoms with Gasteiger partial charge in [-0.1, -0.05) is 54.6 Å². The molecule has 90 valence electrons. The van der Waals surface area contributed by atoms with E-state index >= 15 is 0 Å². The predicted octanol–water partition coefficient (Wildman–Crippen LogP) is 3.59. The molecule has 0 saturated heterocycles. The van der Waals surface area contributed by atoms with Crippen LogP contribution in [0.1, 0.15) is 0 Å². The summed E-state index contributed by atoms with van der Waals surface area (Å²) in [6.45, 7) is 0. The molecular weight excluding hydrogens is 246 g/mol. The first-order chi connectivity index (χ1) is 8.34. The van der Waals surface area contributed by atoms with Gasteiger partial charge in [0.1, 0.15) is 0 Å². The summed E-state index contributed by atoms with van der Waals surface area (Å²) in [5.74, 6) is 0. The number of nitrogens with two attached hydrogens (primary N) is 1. The van der Waals surface area contributed by atoms with Crippen LogP contribution >= 0.6 is 0 Å². The Kier molecular flexibility index (Phi) is 5.36. The van der Waals surface area contributed by atoms with E-state index < -0.39 is 0 Å². The van der Waals surface area contributed by atoms with Crippen LogP contribution in [0.25, 0.3) is 21.9 Å². The summed E-state index contributed by atoms with van der Waals surface area (Å²) in [6, 6.07) is 22.8. The standard InChI is InChI=1S/C16H13N.Mg.O/c17-14-9-10-16-13(11-14)7-4-8-15(16)12-5-2-1-3-6-12;;/h1-11H,17H2;;/q;+2;-2. The number of hydrogen-bond donors (Lipinski definition) is 1. The van der Waals surface area contributed by atoms with E-state index in [-0.39, 0.29) is 28.5 Å². The number of fused-ring (bicyclic) bond motifs is 1. The van der Waals surface area contributed by atoms with Gasteiger partial charge in [-0.15, -0.1) is 0 Å². The molecule has 19 heavy (non-hydrogen) atoms. The molecule has 0 bridgehead atoms. The molecule has 0 spiro atoms. The summed E-state index contributed by atoms with van der Waals surface area (Å²) in [4.78, 5) is 0. The maximum Gasteiger partial charge on any atom is 2.00 e. The maximum absolute atomic E-state index is 5.81. The Labute approximate surface area is 128 Å². The fraction of sp³-hybridized carbons (Fsp3) is 0. The van der Waals surface area contributed by atoms with Crippen molar-refractivity contribution in [2.45, 2.75) is 0 Å². The van der Waals surface area contributed by atoms with Crippen LogP contribution in [-0.4, -0.2) is 23.1 Å². The smallest absolute Gasteiger partial charge is 2.00 e. The van der Waals surface area contributed by atoms with Crippen molar-refractivity contribution in [3.8, 4) is 11.1 Å². The zero-order valence-corrected chi connectivity index (χ0v) is 12.0. The van der Waals surface area contributed by atoms with E-state index in [1.807, 2.05) is 18.2 Å². The first kappa shape index (κ1) is 15.5. The molecule has 0 fully saturated rings. The van der Waals surface area contributed by atoms with Crippen molar-refractivity contribution in [1.29, 1.82) is 0 Å². The van der Waals surface area contributed by atoms with Gasteiger partial charge in [-0.3, -0.25) is 0 Å². The van der Waals surface area contributed by atoms with E-state index in [2.05, 4.69) is 48.5 Å². The third kappa shape index (κ3) is 3.07. The van der Waals surface area contributed by atoms with Gasteiger partial charge < -0.3 is 11.2 Å². The largest absolute Gasteiger partial charge is 2.00 e. The third-order valence-corrected chi connectivity index (χ3v) is 2.99. The van der Waals surface area contributed by atoms with Gasteiger partial charge in [0.2, 0.25) is 0 Å². The Morgan fingerprint density at radius 3 is 2.21 bits per heavy atom. The number of nitrogen functional groups attached to an aromatic ring is 1. The molecular formula is C16H13MgNO. The molecule has 0 aliphatic carbocycles. The van der Waals surface area contributed by atoms with Crippen LogP contribution in [0, 0.1) is 0 Å². The summed E-state index contributed by atoms with van der Waals surface area (Å²) in [7, 11) is 0. The molecule has 0 aliphatic rings. The molecule has 0 amide bonds. The number of rotatable bonds is 1. The van der Waals surface area contributed by atoms with Crippen molar-refractivity contribution in [3.63, 3.8) is 0 Å². The average Bonchev–Trinajstić information content (AvgIpc) is 2.39. The Morgan fingerprint density at radius 2 is 1.47 bits per heavy atom. The second-order valence-electron chi connectivity index (χ2n) is 4.15. The molecule has 3 aromatic carbocycles. The van der Waals surface area contributed by atoms with Gasteiger partial charge in [0, 0.05) is 5.69 Å². The van der Waals surface area contributed by atoms with Crippen molar-refractivity contribution in [1.82, 2.24) is 0 Å². The zero-order valence-electron chi connectivity index (χ0n) is 10.5. The van der Waals surface area contributed by atoms with Crippen LogP contribution in [-0.2, 0) is 5.48 Å². The molecule has 0 heterocycles. The second kappa shape index (κ2) is 6.57. The van der Waals surface area contributed by atoms with E-state index in [1.54, 1.807) is 0 Å². The predicted molar refractivity (Wildman–Crippen MR) is 80.2 cm³/mol. The van der Waals surface area contributed by atoms with Crippen LogP contribution in [0.15, 0.2) is 66.7 Å². The van der Waals surface area contributed by atoms with Gasteiger partial charge >= 0.3 is 23.1 Å². The Bertz CT molecular complexity index is 668. The van der Waals surface area contributed by atoms with Crippen molar-refractivity contribution < 1.29 is 5.48 Å². The SMILES string of the molecule is Nc1ccc2c(-c3ccccc3)cccc2c1.[Mg+2].[O-2]. The van der Waals surface area contributed by atoms with E-state index in [0.29, 0.717) is 0 Å². The molecule has 3 aromatic rings. The Balaban J connectivity index is 0.000000902. The summed E-state index contributed by atoms with van der Waals surface area (Å²) in [5.41, 5.74) is 9.11. The summed E-state index contributed by atoms with van der Waals surface area (Å²) < 4.78 is 0. The van der Waals surface area contributed by atoms with Gasteiger partial charge in [-0.2, -0.15) is 0 Å². The van der Waals surface area contributed by atoms with E-state index in [4.69, 9.17) is 5.73 Å². The number of benzene rings is 3. The topological polar surface area (TPSA) is 54.5 Å². The minimum absolute atomic E-state index is 0. The van der Waals surface area contributed by atoms with Crippen LogP contribution in [0.4, 0.5) is 5.69 Å². The fourth-order valence-electron chi connectivity index (χ4n) is 2.17. The second-order valence-corrected chi connectivity index (χ2v) is 4.15. The molecule has 2 nitrogen and oxygen atoms in total. The normalized spacial score (nSPS) is 9.47. The van der Waals surface area contributed by atoms with Crippen molar-refractivity contribution in [2.75, 3.05) is 5.73 Å². The van der Waals surface area contributed by atoms with Crippen molar-refractivity contribution in [3.05, 3.63) is 66.7 Å². The minimum atomic E-state index is 0. The van der Waals surface area contributed by atoms with Gasteiger partial charge in [0.15, 0.2) is 0 Å². The maximum atomic E-state index is 5.81. The molecule has 0 saturated carbocycles. The molecule has 0 atom stereocenters. The molecule has 0 unspecified atom stereocenters. The molecule has 3 heteroatoms. The number of anilines is 1. The Hall–Kier alpha value is -1.55.